The van der Waals surface area contributed by atoms with E-state index in [2.05, 4.69) is 23.1 Å². The molecule has 0 spiro atoms. The summed E-state index contributed by atoms with van der Waals surface area (Å²) in [5.41, 5.74) is 4.61. The maximum atomic E-state index is 10.2. The summed E-state index contributed by atoms with van der Waals surface area (Å²) in [6.07, 6.45) is 1.48. The van der Waals surface area contributed by atoms with Gasteiger partial charge >= 0.3 is 0 Å². The fourth-order valence-electron chi connectivity index (χ4n) is 4.01. The number of aliphatic hydroxyl groups is 1. The van der Waals surface area contributed by atoms with Crippen molar-refractivity contribution in [1.29, 1.82) is 0 Å². The van der Waals surface area contributed by atoms with Crippen LogP contribution < -0.4 is 9.64 Å². The lowest BCUT2D eigenvalue weighted by atomic mass is 10.1. The van der Waals surface area contributed by atoms with E-state index in [0.717, 1.165) is 59.1 Å². The van der Waals surface area contributed by atoms with E-state index in [0.29, 0.717) is 6.54 Å². The zero-order valence-electron chi connectivity index (χ0n) is 16.9. The molecule has 1 aliphatic heterocycles. The normalized spacial score (nSPS) is 16.7. The van der Waals surface area contributed by atoms with Crippen LogP contribution in [0.4, 0.5) is 5.82 Å². The minimum atomic E-state index is -0.321. The molecular formula is C24H24N4O2. The topological polar surface area (TPSA) is 62.9 Å². The first-order valence-electron chi connectivity index (χ1n) is 10.2. The number of ether oxygens (including phenoxy) is 1. The molecule has 6 nitrogen and oxygen atoms in total. The van der Waals surface area contributed by atoms with Crippen molar-refractivity contribution in [2.24, 2.45) is 0 Å². The molecule has 2 aromatic heterocycles. The Labute approximate surface area is 175 Å². The third-order valence-corrected chi connectivity index (χ3v) is 5.58. The standard InChI is InChI=1S/C24H24N4O2/c1-30-20-11-9-18(10-12-20)22-14-23-25-21(17-6-3-2-4-7-17)15-24(28(23)26-22)27-13-5-8-19(29)16-27/h2-4,6-7,9-12,14-15,19,29H,5,8,13,16H2,1H3/t19-/m0/s1. The van der Waals surface area contributed by atoms with Crippen LogP contribution in [0.15, 0.2) is 66.7 Å². The summed E-state index contributed by atoms with van der Waals surface area (Å²) in [5, 5.41) is 15.1. The van der Waals surface area contributed by atoms with Gasteiger partial charge in [0.05, 0.1) is 24.6 Å². The molecule has 1 saturated heterocycles. The predicted octanol–water partition coefficient (Wildman–Crippen LogP) is 4.03. The molecule has 0 amide bonds. The molecule has 2 aromatic carbocycles. The summed E-state index contributed by atoms with van der Waals surface area (Å²) in [4.78, 5) is 7.09. The Kier molecular flexibility index (Phi) is 4.85. The van der Waals surface area contributed by atoms with Crippen molar-refractivity contribution >= 4 is 11.5 Å². The highest BCUT2D eigenvalue weighted by atomic mass is 16.5. The third-order valence-electron chi connectivity index (χ3n) is 5.58. The quantitative estimate of drug-likeness (QED) is 0.560. The monoisotopic (exact) mass is 400 g/mol. The molecule has 4 aromatic rings. The van der Waals surface area contributed by atoms with Crippen molar-refractivity contribution in [3.63, 3.8) is 0 Å². The number of nitrogens with zero attached hydrogens (tertiary/aromatic N) is 4. The first-order chi connectivity index (χ1) is 14.7. The van der Waals surface area contributed by atoms with Gasteiger partial charge in [-0.1, -0.05) is 30.3 Å². The smallest absolute Gasteiger partial charge is 0.158 e. The Morgan fingerprint density at radius 1 is 0.967 bits per heavy atom. The number of aromatic nitrogens is 3. The average Bonchev–Trinajstić information content (AvgIpc) is 3.23. The SMILES string of the molecule is COc1ccc(-c2cc3nc(-c4ccccc4)cc(N4CCC[C@H](O)C4)n3n2)cc1. The molecular weight excluding hydrogens is 376 g/mol. The van der Waals surface area contributed by atoms with Gasteiger partial charge < -0.3 is 14.7 Å². The maximum absolute atomic E-state index is 10.2. The molecule has 1 N–H and O–H groups in total. The molecule has 0 radical (unpaired) electrons. The van der Waals surface area contributed by atoms with Gasteiger partial charge in [0.25, 0.3) is 0 Å². The molecule has 0 saturated carbocycles. The number of anilines is 1. The van der Waals surface area contributed by atoms with Crippen molar-refractivity contribution in [3.8, 4) is 28.3 Å². The largest absolute Gasteiger partial charge is 0.497 e. The van der Waals surface area contributed by atoms with Crippen LogP contribution in [0.25, 0.3) is 28.2 Å². The summed E-state index contributed by atoms with van der Waals surface area (Å²) < 4.78 is 7.16. The molecule has 3 heterocycles. The zero-order chi connectivity index (χ0) is 20.5. The Balaban J connectivity index is 1.65. The average molecular weight is 400 g/mol. The summed E-state index contributed by atoms with van der Waals surface area (Å²) in [5.74, 6) is 1.77. The summed E-state index contributed by atoms with van der Waals surface area (Å²) in [6, 6.07) is 22.1. The molecule has 1 fully saturated rings. The summed E-state index contributed by atoms with van der Waals surface area (Å²) in [6.45, 7) is 1.49. The number of β-amino-alcohol motifs (C(OH)–C–C–N with tert-alkyl or cyclic N) is 1. The van der Waals surface area contributed by atoms with E-state index in [4.69, 9.17) is 14.8 Å². The molecule has 1 atom stereocenters. The van der Waals surface area contributed by atoms with Gasteiger partial charge in [-0.3, -0.25) is 0 Å². The van der Waals surface area contributed by atoms with Crippen LogP contribution in [-0.4, -0.2) is 46.0 Å². The first-order valence-corrected chi connectivity index (χ1v) is 10.2. The second-order valence-electron chi connectivity index (χ2n) is 7.64. The van der Waals surface area contributed by atoms with Crippen LogP contribution in [0.3, 0.4) is 0 Å². The molecule has 6 heteroatoms. The minimum Gasteiger partial charge on any atom is -0.497 e. The second kappa shape index (κ2) is 7.80. The molecule has 0 bridgehead atoms. The van der Waals surface area contributed by atoms with Gasteiger partial charge in [-0.2, -0.15) is 9.61 Å². The highest BCUT2D eigenvalue weighted by Gasteiger charge is 2.22. The van der Waals surface area contributed by atoms with E-state index in [-0.39, 0.29) is 6.10 Å². The van der Waals surface area contributed by atoms with Crippen LogP contribution in [0.2, 0.25) is 0 Å². The van der Waals surface area contributed by atoms with E-state index < -0.39 is 0 Å². The Bertz CT molecular complexity index is 1160. The number of methoxy groups -OCH3 is 1. The van der Waals surface area contributed by atoms with Gasteiger partial charge in [-0.05, 0) is 37.1 Å². The molecule has 0 unspecified atom stereocenters. The fraction of sp³-hybridized carbons (Fsp3) is 0.250. The highest BCUT2D eigenvalue weighted by Crippen LogP contribution is 2.29. The summed E-state index contributed by atoms with van der Waals surface area (Å²) in [7, 11) is 1.66. The predicted molar refractivity (Wildman–Crippen MR) is 118 cm³/mol. The third kappa shape index (κ3) is 3.50. The van der Waals surface area contributed by atoms with Crippen LogP contribution in [0, 0.1) is 0 Å². The van der Waals surface area contributed by atoms with Gasteiger partial charge in [0.2, 0.25) is 0 Å². The number of aliphatic hydroxyl groups excluding tert-OH is 1. The molecule has 1 aliphatic rings. The number of benzene rings is 2. The molecule has 5 rings (SSSR count). The van der Waals surface area contributed by atoms with Crippen LogP contribution in [-0.2, 0) is 0 Å². The zero-order valence-corrected chi connectivity index (χ0v) is 16.9. The lowest BCUT2D eigenvalue weighted by Gasteiger charge is -2.32. The van der Waals surface area contributed by atoms with E-state index in [1.54, 1.807) is 7.11 Å². The van der Waals surface area contributed by atoms with Gasteiger partial charge in [-0.15, -0.1) is 0 Å². The fourth-order valence-corrected chi connectivity index (χ4v) is 4.01. The first kappa shape index (κ1) is 18.6. The Hall–Kier alpha value is -3.38. The van der Waals surface area contributed by atoms with Crippen LogP contribution in [0.5, 0.6) is 5.75 Å². The highest BCUT2D eigenvalue weighted by molar-refractivity contribution is 5.71. The van der Waals surface area contributed by atoms with Gasteiger partial charge in [0, 0.05) is 36.3 Å². The number of hydrogen-bond acceptors (Lipinski definition) is 5. The van der Waals surface area contributed by atoms with E-state index >= 15 is 0 Å². The van der Waals surface area contributed by atoms with Crippen molar-refractivity contribution in [2.45, 2.75) is 18.9 Å². The lowest BCUT2D eigenvalue weighted by Crippen LogP contribution is -2.39. The lowest BCUT2D eigenvalue weighted by molar-refractivity contribution is 0.153. The van der Waals surface area contributed by atoms with Crippen molar-refractivity contribution in [1.82, 2.24) is 14.6 Å². The Morgan fingerprint density at radius 3 is 2.47 bits per heavy atom. The van der Waals surface area contributed by atoms with Gasteiger partial charge in [0.1, 0.15) is 11.6 Å². The van der Waals surface area contributed by atoms with Crippen molar-refractivity contribution in [3.05, 3.63) is 66.7 Å². The van der Waals surface area contributed by atoms with E-state index in [9.17, 15) is 5.11 Å². The minimum absolute atomic E-state index is 0.321. The number of hydrogen-bond donors (Lipinski definition) is 1. The Morgan fingerprint density at radius 2 is 1.73 bits per heavy atom. The molecule has 30 heavy (non-hydrogen) atoms. The van der Waals surface area contributed by atoms with Gasteiger partial charge in [0.15, 0.2) is 5.65 Å². The van der Waals surface area contributed by atoms with Gasteiger partial charge in [-0.25, -0.2) is 4.98 Å². The number of rotatable bonds is 4. The van der Waals surface area contributed by atoms with Crippen LogP contribution >= 0.6 is 0 Å². The number of piperidine rings is 1. The number of fused-ring (bicyclic) bond motifs is 1. The van der Waals surface area contributed by atoms with Crippen molar-refractivity contribution < 1.29 is 9.84 Å². The van der Waals surface area contributed by atoms with Crippen LogP contribution in [0.1, 0.15) is 12.8 Å². The van der Waals surface area contributed by atoms with E-state index in [1.807, 2.05) is 53.0 Å². The molecule has 0 aliphatic carbocycles. The molecule has 152 valence electrons. The maximum Gasteiger partial charge on any atom is 0.158 e. The second-order valence-corrected chi connectivity index (χ2v) is 7.64. The summed E-state index contributed by atoms with van der Waals surface area (Å²) >= 11 is 0. The van der Waals surface area contributed by atoms with Crippen molar-refractivity contribution in [2.75, 3.05) is 25.1 Å². The van der Waals surface area contributed by atoms with E-state index in [1.165, 1.54) is 0 Å².